The summed E-state index contributed by atoms with van der Waals surface area (Å²) >= 11 is 0. The maximum atomic E-state index is 12.6. The monoisotopic (exact) mass is 360 g/mol. The number of phenolic OH excluding ortho intramolecular Hbond substituents is 2. The number of hydrogen-bond donors (Lipinski definition) is 2. The zero-order valence-corrected chi connectivity index (χ0v) is 15.2. The van der Waals surface area contributed by atoms with E-state index in [4.69, 9.17) is 9.47 Å². The number of esters is 2. The number of phenols is 2. The van der Waals surface area contributed by atoms with E-state index in [9.17, 15) is 19.8 Å². The Bertz CT molecular complexity index is 861. The summed E-state index contributed by atoms with van der Waals surface area (Å²) in [5, 5.41) is 19.9. The summed E-state index contributed by atoms with van der Waals surface area (Å²) < 4.78 is 15.2. The second-order valence-corrected chi connectivity index (χ2v) is 5.76. The Kier molecular flexibility index (Phi) is 5.40. The molecule has 7 heteroatoms. The van der Waals surface area contributed by atoms with Crippen LogP contribution in [-0.4, -0.2) is 36.4 Å². The van der Waals surface area contributed by atoms with Crippen molar-refractivity contribution in [3.05, 3.63) is 46.0 Å². The Morgan fingerprint density at radius 3 is 2.00 bits per heavy atom. The van der Waals surface area contributed by atoms with E-state index in [2.05, 4.69) is 4.74 Å². The fraction of sp³-hybridized carbons (Fsp3) is 0.263. The van der Waals surface area contributed by atoms with Crippen molar-refractivity contribution in [3.8, 4) is 23.0 Å². The van der Waals surface area contributed by atoms with Crippen molar-refractivity contribution in [3.63, 3.8) is 0 Å². The molecule has 0 aromatic heterocycles. The van der Waals surface area contributed by atoms with E-state index in [1.807, 2.05) is 0 Å². The van der Waals surface area contributed by atoms with Crippen LogP contribution >= 0.6 is 0 Å². The fourth-order valence-corrected chi connectivity index (χ4v) is 2.70. The molecule has 0 aliphatic carbocycles. The van der Waals surface area contributed by atoms with Gasteiger partial charge in [0.2, 0.25) is 0 Å². The zero-order chi connectivity index (χ0) is 19.6. The van der Waals surface area contributed by atoms with E-state index in [0.717, 1.165) is 6.07 Å². The van der Waals surface area contributed by atoms with Gasteiger partial charge in [0.1, 0.15) is 34.1 Å². The minimum absolute atomic E-state index is 0.00142. The normalized spacial score (nSPS) is 10.3. The molecule has 0 radical (unpaired) electrons. The maximum Gasteiger partial charge on any atom is 0.347 e. The molecule has 26 heavy (non-hydrogen) atoms. The first-order valence-corrected chi connectivity index (χ1v) is 7.72. The van der Waals surface area contributed by atoms with Gasteiger partial charge in [-0.2, -0.15) is 0 Å². The molecule has 0 unspecified atom stereocenters. The second-order valence-electron chi connectivity index (χ2n) is 5.76. The molecule has 138 valence electrons. The minimum Gasteiger partial charge on any atom is -0.508 e. The van der Waals surface area contributed by atoms with Crippen LogP contribution < -0.4 is 9.47 Å². The quantitative estimate of drug-likeness (QED) is 0.638. The average molecular weight is 360 g/mol. The molecule has 2 aromatic carbocycles. The van der Waals surface area contributed by atoms with E-state index in [1.54, 1.807) is 20.8 Å². The lowest BCUT2D eigenvalue weighted by Gasteiger charge is -2.15. The van der Waals surface area contributed by atoms with Crippen molar-refractivity contribution in [1.29, 1.82) is 0 Å². The summed E-state index contributed by atoms with van der Waals surface area (Å²) in [6.07, 6.45) is 0. The van der Waals surface area contributed by atoms with Gasteiger partial charge in [-0.1, -0.05) is 0 Å². The highest BCUT2D eigenvalue weighted by Crippen LogP contribution is 2.35. The van der Waals surface area contributed by atoms with Crippen LogP contribution in [0.4, 0.5) is 0 Å². The number of methoxy groups -OCH3 is 2. The highest BCUT2D eigenvalue weighted by atomic mass is 16.5. The molecule has 0 amide bonds. The van der Waals surface area contributed by atoms with Crippen molar-refractivity contribution in [2.24, 2.45) is 0 Å². The smallest absolute Gasteiger partial charge is 0.347 e. The number of carbonyl (C=O) groups excluding carboxylic acids is 2. The molecular formula is C19H20O7. The van der Waals surface area contributed by atoms with Crippen molar-refractivity contribution >= 4 is 11.9 Å². The number of carbonyl (C=O) groups is 2. The van der Waals surface area contributed by atoms with Crippen molar-refractivity contribution in [2.45, 2.75) is 20.8 Å². The molecule has 0 fully saturated rings. The minimum atomic E-state index is -0.716. The predicted molar refractivity (Wildman–Crippen MR) is 93.3 cm³/mol. The van der Waals surface area contributed by atoms with Gasteiger partial charge in [0.25, 0.3) is 0 Å². The second kappa shape index (κ2) is 7.35. The van der Waals surface area contributed by atoms with E-state index in [0.29, 0.717) is 16.7 Å². The number of hydrogen-bond acceptors (Lipinski definition) is 7. The lowest BCUT2D eigenvalue weighted by atomic mass is 10.0. The summed E-state index contributed by atoms with van der Waals surface area (Å²) in [6, 6.07) is 4.04. The van der Waals surface area contributed by atoms with Crippen molar-refractivity contribution in [2.75, 3.05) is 14.2 Å². The first-order chi connectivity index (χ1) is 12.2. The van der Waals surface area contributed by atoms with Crippen LogP contribution in [0.3, 0.4) is 0 Å². The molecule has 7 nitrogen and oxygen atoms in total. The third kappa shape index (κ3) is 3.42. The SMILES string of the molecule is COC(=O)c1c(C)cc(OC(=O)c2c(C)cc(O)c(C)c2OC)cc1O. The lowest BCUT2D eigenvalue weighted by Crippen LogP contribution is -2.13. The predicted octanol–water partition coefficient (Wildman–Crippen LogP) is 3.04. The molecule has 2 aromatic rings. The van der Waals surface area contributed by atoms with Crippen molar-refractivity contribution < 1.29 is 34.0 Å². The Morgan fingerprint density at radius 1 is 0.846 bits per heavy atom. The Balaban J connectivity index is 2.43. The van der Waals surface area contributed by atoms with Crippen LogP contribution in [0, 0.1) is 20.8 Å². The van der Waals surface area contributed by atoms with Gasteiger partial charge >= 0.3 is 11.9 Å². The molecule has 0 saturated carbocycles. The van der Waals surface area contributed by atoms with Crippen LogP contribution in [0.1, 0.15) is 37.4 Å². The molecule has 0 saturated heterocycles. The molecule has 0 spiro atoms. The fourth-order valence-electron chi connectivity index (χ4n) is 2.70. The Labute approximate surface area is 150 Å². The maximum absolute atomic E-state index is 12.6. The molecule has 0 heterocycles. The molecule has 2 N–H and O–H groups in total. The Hall–Kier alpha value is -3.22. The van der Waals surface area contributed by atoms with Crippen LogP contribution in [-0.2, 0) is 4.74 Å². The van der Waals surface area contributed by atoms with E-state index in [-0.39, 0.29) is 34.1 Å². The largest absolute Gasteiger partial charge is 0.508 e. The Morgan fingerprint density at radius 2 is 1.46 bits per heavy atom. The zero-order valence-electron chi connectivity index (χ0n) is 15.2. The third-order valence-corrected chi connectivity index (χ3v) is 4.00. The van der Waals surface area contributed by atoms with Crippen LogP contribution in [0.2, 0.25) is 0 Å². The van der Waals surface area contributed by atoms with Crippen LogP contribution in [0.15, 0.2) is 18.2 Å². The summed E-state index contributed by atoms with van der Waals surface area (Å²) in [7, 11) is 2.59. The first-order valence-electron chi connectivity index (χ1n) is 7.72. The van der Waals surface area contributed by atoms with Crippen LogP contribution in [0.25, 0.3) is 0 Å². The summed E-state index contributed by atoms with van der Waals surface area (Å²) in [4.78, 5) is 24.3. The van der Waals surface area contributed by atoms with Gasteiger partial charge in [-0.15, -0.1) is 0 Å². The van der Waals surface area contributed by atoms with E-state index >= 15 is 0 Å². The van der Waals surface area contributed by atoms with Gasteiger partial charge in [-0.3, -0.25) is 0 Å². The number of rotatable bonds is 4. The summed E-state index contributed by atoms with van der Waals surface area (Å²) in [5.74, 6) is -1.49. The van der Waals surface area contributed by atoms with Crippen LogP contribution in [0.5, 0.6) is 23.0 Å². The standard InChI is InChI=1S/C19H20O7/c1-9-6-12(8-14(21)15(9)18(22)25-5)26-19(23)16-10(2)7-13(20)11(3)17(16)24-4/h6-8,20-21H,1-5H3. The van der Waals surface area contributed by atoms with Gasteiger partial charge in [0.15, 0.2) is 0 Å². The lowest BCUT2D eigenvalue weighted by molar-refractivity contribution is 0.0596. The van der Waals surface area contributed by atoms with E-state index in [1.165, 1.54) is 26.4 Å². The van der Waals surface area contributed by atoms with Crippen molar-refractivity contribution in [1.82, 2.24) is 0 Å². The summed E-state index contributed by atoms with van der Waals surface area (Å²) in [5.41, 5.74) is 1.44. The highest BCUT2D eigenvalue weighted by molar-refractivity contribution is 5.97. The van der Waals surface area contributed by atoms with E-state index < -0.39 is 11.9 Å². The molecule has 0 aliphatic heterocycles. The topological polar surface area (TPSA) is 102 Å². The first kappa shape index (κ1) is 19.1. The summed E-state index contributed by atoms with van der Waals surface area (Å²) in [6.45, 7) is 4.84. The van der Waals surface area contributed by atoms with Gasteiger partial charge < -0.3 is 24.4 Å². The number of ether oxygens (including phenoxy) is 3. The number of aryl methyl sites for hydroxylation is 2. The molecular weight excluding hydrogens is 340 g/mol. The van der Waals surface area contributed by atoms with Gasteiger partial charge in [-0.05, 0) is 44.0 Å². The third-order valence-electron chi connectivity index (χ3n) is 4.00. The number of aromatic hydroxyl groups is 2. The molecule has 0 bridgehead atoms. The number of benzene rings is 2. The molecule has 2 rings (SSSR count). The van der Waals surface area contributed by atoms with Gasteiger partial charge in [-0.25, -0.2) is 9.59 Å². The molecule has 0 aliphatic rings. The molecule has 0 atom stereocenters. The highest BCUT2D eigenvalue weighted by Gasteiger charge is 2.23. The van der Waals surface area contributed by atoms with Gasteiger partial charge in [0.05, 0.1) is 14.2 Å². The average Bonchev–Trinajstić information content (AvgIpc) is 2.56. The van der Waals surface area contributed by atoms with Gasteiger partial charge in [0, 0.05) is 11.6 Å².